The largest absolute Gasteiger partial charge is 0.504 e. The van der Waals surface area contributed by atoms with Gasteiger partial charge in [-0.25, -0.2) is 9.37 Å². The van der Waals surface area contributed by atoms with E-state index in [2.05, 4.69) is 20.9 Å². The zero-order chi connectivity index (χ0) is 11.5. The first-order chi connectivity index (χ1) is 7.70. The number of hydrogen-bond donors (Lipinski definition) is 0. The molecule has 0 aliphatic rings. The molecule has 0 aliphatic heterocycles. The van der Waals surface area contributed by atoms with Gasteiger partial charge in [0.15, 0.2) is 0 Å². The van der Waals surface area contributed by atoms with Crippen LogP contribution in [0.3, 0.4) is 0 Å². The van der Waals surface area contributed by atoms with Gasteiger partial charge < -0.3 is 4.74 Å². The lowest BCUT2D eigenvalue weighted by Gasteiger charge is -2.02. The third-order valence-electron chi connectivity index (χ3n) is 2.11. The number of hydrogen-bond acceptors (Lipinski definition) is 2. The van der Waals surface area contributed by atoms with E-state index in [1.807, 2.05) is 12.1 Å². The molecule has 0 amide bonds. The zero-order valence-electron chi connectivity index (χ0n) is 8.58. The number of aromatic nitrogens is 1. The maximum atomic E-state index is 13.1. The predicted octanol–water partition coefficient (Wildman–Crippen LogP) is 3.75. The summed E-state index contributed by atoms with van der Waals surface area (Å²) in [6.07, 6.45) is 3.29. The summed E-state index contributed by atoms with van der Waals surface area (Å²) in [5.41, 5.74) is 1.50. The summed E-state index contributed by atoms with van der Waals surface area (Å²) in [5.74, 6) is -0.277. The minimum Gasteiger partial charge on any atom is -0.504 e. The number of pyridine rings is 1. The predicted molar refractivity (Wildman–Crippen MR) is 65.4 cm³/mol. The molecule has 2 rings (SSSR count). The molecule has 0 fully saturated rings. The van der Waals surface area contributed by atoms with Crippen LogP contribution in [-0.2, 0) is 4.74 Å². The molecule has 1 aromatic heterocycles. The highest BCUT2D eigenvalue weighted by Gasteiger charge is 2.03. The van der Waals surface area contributed by atoms with E-state index in [9.17, 15) is 4.39 Å². The van der Waals surface area contributed by atoms with E-state index in [0.717, 1.165) is 16.6 Å². The summed E-state index contributed by atoms with van der Waals surface area (Å²) in [6, 6.07) is 6.49. The smallest absolute Gasteiger partial charge is 0.125 e. The molecule has 0 radical (unpaired) electrons. The van der Waals surface area contributed by atoms with Crippen molar-refractivity contribution >= 4 is 32.9 Å². The summed E-state index contributed by atoms with van der Waals surface area (Å²) in [6.45, 7) is 0. The third kappa shape index (κ3) is 2.22. The molecule has 2 aromatic rings. The van der Waals surface area contributed by atoms with Crippen molar-refractivity contribution < 1.29 is 9.13 Å². The first-order valence-corrected chi connectivity index (χ1v) is 5.45. The first kappa shape index (κ1) is 11.1. The van der Waals surface area contributed by atoms with Crippen molar-refractivity contribution in [1.82, 2.24) is 4.98 Å². The van der Waals surface area contributed by atoms with Crippen LogP contribution in [0.4, 0.5) is 4.39 Å². The molecule has 0 saturated heterocycles. The van der Waals surface area contributed by atoms with Gasteiger partial charge >= 0.3 is 0 Å². The Morgan fingerprint density at radius 2 is 2.19 bits per heavy atom. The van der Waals surface area contributed by atoms with Crippen molar-refractivity contribution in [3.05, 3.63) is 46.5 Å². The van der Waals surface area contributed by atoms with Crippen molar-refractivity contribution in [2.24, 2.45) is 0 Å². The molecular weight excluding hydrogens is 273 g/mol. The second-order valence-corrected chi connectivity index (χ2v) is 4.09. The van der Waals surface area contributed by atoms with Gasteiger partial charge in [0.25, 0.3) is 0 Å². The van der Waals surface area contributed by atoms with Crippen LogP contribution in [0.1, 0.15) is 5.69 Å². The summed E-state index contributed by atoms with van der Waals surface area (Å²) >= 11 is 3.29. The molecular formula is C12H9BrFNO. The Balaban J connectivity index is 2.57. The number of rotatable bonds is 2. The SMILES string of the molecule is COC=Cc1ccc2cc(F)cc(Br)c2n1. The van der Waals surface area contributed by atoms with E-state index in [1.165, 1.54) is 12.1 Å². The quantitative estimate of drug-likeness (QED) is 0.782. The highest BCUT2D eigenvalue weighted by Crippen LogP contribution is 2.24. The van der Waals surface area contributed by atoms with E-state index in [-0.39, 0.29) is 5.82 Å². The average Bonchev–Trinajstić information content (AvgIpc) is 2.26. The van der Waals surface area contributed by atoms with Gasteiger partial charge in [-0.1, -0.05) is 6.07 Å². The molecule has 0 saturated carbocycles. The van der Waals surface area contributed by atoms with Gasteiger partial charge in [0.05, 0.1) is 24.6 Å². The normalized spacial score (nSPS) is 11.2. The Hall–Kier alpha value is -1.42. The molecule has 16 heavy (non-hydrogen) atoms. The van der Waals surface area contributed by atoms with Crippen molar-refractivity contribution in [2.75, 3.05) is 7.11 Å². The van der Waals surface area contributed by atoms with Crippen LogP contribution in [0.2, 0.25) is 0 Å². The van der Waals surface area contributed by atoms with Crippen LogP contribution in [0.15, 0.2) is 35.0 Å². The lowest BCUT2D eigenvalue weighted by Crippen LogP contribution is -1.86. The molecule has 0 unspecified atom stereocenters. The van der Waals surface area contributed by atoms with E-state index >= 15 is 0 Å². The maximum absolute atomic E-state index is 13.1. The van der Waals surface area contributed by atoms with Crippen molar-refractivity contribution in [3.63, 3.8) is 0 Å². The Morgan fingerprint density at radius 1 is 1.38 bits per heavy atom. The van der Waals surface area contributed by atoms with Crippen LogP contribution >= 0.6 is 15.9 Å². The molecule has 0 atom stereocenters. The van der Waals surface area contributed by atoms with Gasteiger partial charge in [-0.2, -0.15) is 0 Å². The molecule has 2 nitrogen and oxygen atoms in total. The molecule has 82 valence electrons. The molecule has 1 heterocycles. The summed E-state index contributed by atoms with van der Waals surface area (Å²) < 4.78 is 18.6. The average molecular weight is 282 g/mol. The van der Waals surface area contributed by atoms with Crippen LogP contribution in [0, 0.1) is 5.82 Å². The molecule has 1 aromatic carbocycles. The van der Waals surface area contributed by atoms with Gasteiger partial charge in [-0.3, -0.25) is 0 Å². The maximum Gasteiger partial charge on any atom is 0.125 e. The minimum absolute atomic E-state index is 0.277. The van der Waals surface area contributed by atoms with Gasteiger partial charge in [0.1, 0.15) is 5.82 Å². The fraction of sp³-hybridized carbons (Fsp3) is 0.0833. The number of methoxy groups -OCH3 is 1. The second-order valence-electron chi connectivity index (χ2n) is 3.23. The topological polar surface area (TPSA) is 22.1 Å². The number of ether oxygens (including phenoxy) is 1. The van der Waals surface area contributed by atoms with E-state index in [4.69, 9.17) is 4.74 Å². The first-order valence-electron chi connectivity index (χ1n) is 4.66. The fourth-order valence-corrected chi connectivity index (χ4v) is 1.94. The molecule has 4 heteroatoms. The van der Waals surface area contributed by atoms with Gasteiger partial charge in [0, 0.05) is 9.86 Å². The zero-order valence-corrected chi connectivity index (χ0v) is 10.2. The lowest BCUT2D eigenvalue weighted by molar-refractivity contribution is 0.341. The fourth-order valence-electron chi connectivity index (χ4n) is 1.40. The Labute approximate surface area is 101 Å². The lowest BCUT2D eigenvalue weighted by atomic mass is 10.2. The Morgan fingerprint density at radius 3 is 2.94 bits per heavy atom. The number of halogens is 2. The Kier molecular flexibility index (Phi) is 3.19. The van der Waals surface area contributed by atoms with E-state index < -0.39 is 0 Å². The van der Waals surface area contributed by atoms with E-state index in [0.29, 0.717) is 4.47 Å². The standard InChI is InChI=1S/C12H9BrFNO/c1-16-5-4-10-3-2-8-6-9(14)7-11(13)12(8)15-10/h2-7H,1H3. The summed E-state index contributed by atoms with van der Waals surface area (Å²) in [4.78, 5) is 4.37. The number of benzene rings is 1. The summed E-state index contributed by atoms with van der Waals surface area (Å²) in [7, 11) is 1.57. The monoisotopic (exact) mass is 281 g/mol. The highest BCUT2D eigenvalue weighted by molar-refractivity contribution is 9.10. The molecule has 0 spiro atoms. The van der Waals surface area contributed by atoms with Crippen molar-refractivity contribution in [3.8, 4) is 0 Å². The van der Waals surface area contributed by atoms with Crippen LogP contribution < -0.4 is 0 Å². The third-order valence-corrected chi connectivity index (χ3v) is 2.71. The van der Waals surface area contributed by atoms with Crippen LogP contribution in [0.25, 0.3) is 17.0 Å². The van der Waals surface area contributed by atoms with Crippen molar-refractivity contribution in [2.45, 2.75) is 0 Å². The van der Waals surface area contributed by atoms with Gasteiger partial charge in [-0.15, -0.1) is 0 Å². The van der Waals surface area contributed by atoms with Crippen molar-refractivity contribution in [1.29, 1.82) is 0 Å². The number of nitrogens with zero attached hydrogens (tertiary/aromatic N) is 1. The molecule has 0 aliphatic carbocycles. The van der Waals surface area contributed by atoms with Crippen LogP contribution in [-0.4, -0.2) is 12.1 Å². The minimum atomic E-state index is -0.277. The Bertz CT molecular complexity index is 554. The summed E-state index contributed by atoms with van der Waals surface area (Å²) in [5, 5.41) is 0.765. The van der Waals surface area contributed by atoms with Crippen LogP contribution in [0.5, 0.6) is 0 Å². The second kappa shape index (κ2) is 4.61. The van der Waals surface area contributed by atoms with E-state index in [1.54, 1.807) is 19.4 Å². The van der Waals surface area contributed by atoms with Gasteiger partial charge in [0.2, 0.25) is 0 Å². The molecule has 0 bridgehead atoms. The molecule has 0 N–H and O–H groups in total. The highest BCUT2D eigenvalue weighted by atomic mass is 79.9. The van der Waals surface area contributed by atoms with Gasteiger partial charge in [-0.05, 0) is 40.2 Å². The number of fused-ring (bicyclic) bond motifs is 1.